The zero-order chi connectivity index (χ0) is 18.6. The largest absolute Gasteiger partial charge is 0.300 e. The summed E-state index contributed by atoms with van der Waals surface area (Å²) in [5.74, 6) is 1.80. The van der Waals surface area contributed by atoms with Crippen LogP contribution in [0.3, 0.4) is 0 Å². The fraction of sp³-hybridized carbons (Fsp3) is 0.409. The molecule has 1 aromatic carbocycles. The molecule has 2 aromatic heterocycles. The third kappa shape index (κ3) is 2.48. The number of aryl methyl sites for hydroxylation is 1. The molecule has 2 atom stereocenters. The van der Waals surface area contributed by atoms with Gasteiger partial charge >= 0.3 is 0 Å². The highest BCUT2D eigenvalue weighted by Crippen LogP contribution is 2.49. The predicted molar refractivity (Wildman–Crippen MR) is 104 cm³/mol. The minimum absolute atomic E-state index is 0.0154. The van der Waals surface area contributed by atoms with Crippen molar-refractivity contribution in [3.05, 3.63) is 54.1 Å². The summed E-state index contributed by atoms with van der Waals surface area (Å²) in [5.41, 5.74) is 4.63. The number of fused-ring (bicyclic) bond motifs is 3. The normalized spacial score (nSPS) is 24.5. The molecule has 2 heterocycles. The number of imidazole rings is 1. The van der Waals surface area contributed by atoms with Crippen LogP contribution in [0.25, 0.3) is 17.1 Å². The van der Waals surface area contributed by atoms with Crippen molar-refractivity contribution in [3.63, 3.8) is 0 Å². The second-order valence-electron chi connectivity index (χ2n) is 8.20. The van der Waals surface area contributed by atoms with Gasteiger partial charge in [0.15, 0.2) is 0 Å². The van der Waals surface area contributed by atoms with Gasteiger partial charge in [-0.2, -0.15) is 5.10 Å². The lowest BCUT2D eigenvalue weighted by molar-refractivity contribution is -0.123. The SMILES string of the molecule is Cn1cc(-n2c(-c3ccccc3)nc3c2CCC2CC(=O)CCC32C)cn1. The summed E-state index contributed by atoms with van der Waals surface area (Å²) < 4.78 is 4.12. The zero-order valence-corrected chi connectivity index (χ0v) is 15.9. The van der Waals surface area contributed by atoms with Gasteiger partial charge in [0.05, 0.1) is 17.6 Å². The second kappa shape index (κ2) is 5.91. The summed E-state index contributed by atoms with van der Waals surface area (Å²) >= 11 is 0. The number of Topliss-reactive ketones (excluding diaryl/α,β-unsaturated/α-hetero) is 1. The molecule has 0 saturated heterocycles. The third-order valence-corrected chi connectivity index (χ3v) is 6.52. The number of nitrogens with zero attached hydrogens (tertiary/aromatic N) is 4. The van der Waals surface area contributed by atoms with Gasteiger partial charge in [-0.15, -0.1) is 0 Å². The number of aromatic nitrogens is 4. The fourth-order valence-corrected chi connectivity index (χ4v) is 4.97. The van der Waals surface area contributed by atoms with Gasteiger partial charge < -0.3 is 0 Å². The van der Waals surface area contributed by atoms with Gasteiger partial charge in [-0.3, -0.25) is 14.0 Å². The van der Waals surface area contributed by atoms with Crippen LogP contribution in [0.15, 0.2) is 42.7 Å². The van der Waals surface area contributed by atoms with Gasteiger partial charge in [0.2, 0.25) is 0 Å². The Hall–Kier alpha value is -2.69. The van der Waals surface area contributed by atoms with E-state index >= 15 is 0 Å². The standard InChI is InChI=1S/C22H24N4O/c1-22-11-10-18(27)12-16(22)8-9-19-20(22)24-21(15-6-4-3-5-7-15)26(19)17-13-23-25(2)14-17/h3-7,13-14,16H,8-12H2,1-2H3. The first-order valence-corrected chi connectivity index (χ1v) is 9.74. The van der Waals surface area contributed by atoms with E-state index in [4.69, 9.17) is 4.98 Å². The van der Waals surface area contributed by atoms with E-state index in [2.05, 4.69) is 40.9 Å². The number of rotatable bonds is 2. The van der Waals surface area contributed by atoms with Crippen LogP contribution in [-0.4, -0.2) is 25.1 Å². The molecule has 0 aliphatic heterocycles. The lowest BCUT2D eigenvalue weighted by atomic mass is 9.60. The van der Waals surface area contributed by atoms with Crippen LogP contribution in [-0.2, 0) is 23.7 Å². The van der Waals surface area contributed by atoms with Crippen molar-refractivity contribution in [2.24, 2.45) is 13.0 Å². The number of hydrogen-bond donors (Lipinski definition) is 0. The first kappa shape index (κ1) is 16.5. The molecule has 5 rings (SSSR count). The number of ketones is 1. The molecule has 0 N–H and O–H groups in total. The van der Waals surface area contributed by atoms with E-state index in [0.29, 0.717) is 24.5 Å². The molecular formula is C22H24N4O. The second-order valence-corrected chi connectivity index (χ2v) is 8.20. The quantitative estimate of drug-likeness (QED) is 0.698. The smallest absolute Gasteiger partial charge is 0.145 e. The molecule has 0 spiro atoms. The monoisotopic (exact) mass is 360 g/mol. The Morgan fingerprint density at radius 1 is 1.19 bits per heavy atom. The van der Waals surface area contributed by atoms with Crippen molar-refractivity contribution in [1.29, 1.82) is 0 Å². The number of carbonyl (C=O) groups is 1. The highest BCUT2D eigenvalue weighted by Gasteiger charge is 2.47. The van der Waals surface area contributed by atoms with Crippen molar-refractivity contribution in [3.8, 4) is 17.1 Å². The molecule has 5 nitrogen and oxygen atoms in total. The van der Waals surface area contributed by atoms with Gasteiger partial charge in [0.25, 0.3) is 0 Å². The molecule has 0 amide bonds. The van der Waals surface area contributed by atoms with Crippen molar-refractivity contribution in [2.45, 2.75) is 44.4 Å². The number of carbonyl (C=O) groups excluding carboxylic acids is 1. The van der Waals surface area contributed by atoms with Crippen LogP contribution in [0.2, 0.25) is 0 Å². The Balaban J connectivity index is 1.74. The Bertz CT molecular complexity index is 1020. The Labute approximate surface area is 159 Å². The molecule has 0 radical (unpaired) electrons. The van der Waals surface area contributed by atoms with Crippen LogP contribution in [0, 0.1) is 5.92 Å². The number of hydrogen-bond acceptors (Lipinski definition) is 3. The van der Waals surface area contributed by atoms with Gasteiger partial charge in [0, 0.05) is 42.8 Å². The predicted octanol–water partition coefficient (Wildman–Crippen LogP) is 3.85. The molecule has 2 unspecified atom stereocenters. The molecule has 2 aliphatic rings. The highest BCUT2D eigenvalue weighted by atomic mass is 16.1. The lowest BCUT2D eigenvalue weighted by Crippen LogP contribution is -2.42. The molecule has 0 bridgehead atoms. The van der Waals surface area contributed by atoms with Crippen molar-refractivity contribution in [1.82, 2.24) is 19.3 Å². The van der Waals surface area contributed by atoms with E-state index in [1.807, 2.05) is 30.2 Å². The van der Waals surface area contributed by atoms with Gasteiger partial charge in [0.1, 0.15) is 11.6 Å². The Morgan fingerprint density at radius 2 is 2.00 bits per heavy atom. The molecule has 1 saturated carbocycles. The lowest BCUT2D eigenvalue weighted by Gasteiger charge is -2.43. The molecular weight excluding hydrogens is 336 g/mol. The maximum Gasteiger partial charge on any atom is 0.145 e. The van der Waals surface area contributed by atoms with Gasteiger partial charge in [-0.25, -0.2) is 4.98 Å². The summed E-state index contributed by atoms with van der Waals surface area (Å²) in [4.78, 5) is 17.3. The summed E-state index contributed by atoms with van der Waals surface area (Å²) in [7, 11) is 1.94. The van der Waals surface area contributed by atoms with Crippen LogP contribution < -0.4 is 0 Å². The summed E-state index contributed by atoms with van der Waals surface area (Å²) in [6, 6.07) is 10.4. The number of benzene rings is 1. The summed E-state index contributed by atoms with van der Waals surface area (Å²) in [6.45, 7) is 2.32. The molecule has 3 aromatic rings. The van der Waals surface area contributed by atoms with E-state index in [9.17, 15) is 4.79 Å². The summed E-state index contributed by atoms with van der Waals surface area (Å²) in [5, 5.41) is 4.39. The zero-order valence-electron chi connectivity index (χ0n) is 15.9. The molecule has 138 valence electrons. The fourth-order valence-electron chi connectivity index (χ4n) is 4.97. The van der Waals surface area contributed by atoms with Crippen molar-refractivity contribution < 1.29 is 4.79 Å². The maximum absolute atomic E-state index is 12.1. The first-order chi connectivity index (χ1) is 13.1. The van der Waals surface area contributed by atoms with Crippen molar-refractivity contribution >= 4 is 5.78 Å². The van der Waals surface area contributed by atoms with Crippen LogP contribution in [0.4, 0.5) is 0 Å². The van der Waals surface area contributed by atoms with E-state index in [-0.39, 0.29) is 5.41 Å². The minimum atomic E-state index is -0.0154. The molecule has 2 aliphatic carbocycles. The van der Waals surface area contributed by atoms with Gasteiger partial charge in [-0.1, -0.05) is 37.3 Å². The highest BCUT2D eigenvalue weighted by molar-refractivity contribution is 5.80. The van der Waals surface area contributed by atoms with Crippen molar-refractivity contribution in [2.75, 3.05) is 0 Å². The van der Waals surface area contributed by atoms with Crippen LogP contribution in [0.1, 0.15) is 44.0 Å². The molecule has 1 fully saturated rings. The topological polar surface area (TPSA) is 52.7 Å². The van der Waals surface area contributed by atoms with Crippen LogP contribution in [0.5, 0.6) is 0 Å². The third-order valence-electron chi connectivity index (χ3n) is 6.52. The minimum Gasteiger partial charge on any atom is -0.300 e. The Kier molecular flexibility index (Phi) is 3.61. The van der Waals surface area contributed by atoms with E-state index in [1.54, 1.807) is 0 Å². The molecule has 5 heteroatoms. The molecule has 27 heavy (non-hydrogen) atoms. The van der Waals surface area contributed by atoms with E-state index in [1.165, 1.54) is 11.4 Å². The maximum atomic E-state index is 12.1. The average Bonchev–Trinajstić information content (AvgIpc) is 3.27. The first-order valence-electron chi connectivity index (χ1n) is 9.74. The van der Waals surface area contributed by atoms with Crippen LogP contribution >= 0.6 is 0 Å². The van der Waals surface area contributed by atoms with Gasteiger partial charge in [-0.05, 0) is 25.2 Å². The summed E-state index contributed by atoms with van der Waals surface area (Å²) in [6.07, 6.45) is 8.25. The average molecular weight is 360 g/mol. The van der Waals surface area contributed by atoms with E-state index < -0.39 is 0 Å². The van der Waals surface area contributed by atoms with E-state index in [0.717, 1.165) is 36.3 Å². The Morgan fingerprint density at radius 3 is 2.74 bits per heavy atom.